The maximum Gasteiger partial charge on any atom is 0.339 e. The fourth-order valence-electron chi connectivity index (χ4n) is 1.56. The summed E-state index contributed by atoms with van der Waals surface area (Å²) in [5.74, 6) is -0.931. The number of halogens is 2. The van der Waals surface area contributed by atoms with Crippen molar-refractivity contribution in [2.45, 2.75) is 0 Å². The number of hydrogen-bond acceptors (Lipinski definition) is 3. The maximum absolute atomic E-state index is 13.4. The predicted octanol–water partition coefficient (Wildman–Crippen LogP) is 4.09. The summed E-state index contributed by atoms with van der Waals surface area (Å²) < 4.78 is 24.1. The quantitative estimate of drug-likeness (QED) is 0.910. The minimum absolute atomic E-state index is 0.0623. The van der Waals surface area contributed by atoms with Gasteiger partial charge in [-0.15, -0.1) is 0 Å². The van der Waals surface area contributed by atoms with Gasteiger partial charge in [-0.25, -0.2) is 9.18 Å². The van der Waals surface area contributed by atoms with E-state index in [1.54, 1.807) is 6.07 Å². The van der Waals surface area contributed by atoms with E-state index >= 15 is 0 Å². The Labute approximate surface area is 122 Å². The van der Waals surface area contributed by atoms with Crippen molar-refractivity contribution in [3.8, 4) is 17.2 Å². The number of methoxy groups -OCH3 is 1. The molecule has 1 N–H and O–H groups in total. The molecule has 0 amide bonds. The monoisotopic (exact) mass is 340 g/mol. The van der Waals surface area contributed by atoms with Crippen LogP contribution in [0.2, 0.25) is 0 Å². The van der Waals surface area contributed by atoms with E-state index in [1.807, 2.05) is 0 Å². The third-order valence-electron chi connectivity index (χ3n) is 2.54. The van der Waals surface area contributed by atoms with Gasteiger partial charge in [-0.05, 0) is 46.3 Å². The molecule has 6 heteroatoms. The molecule has 0 spiro atoms. The van der Waals surface area contributed by atoms with Crippen molar-refractivity contribution in [1.29, 1.82) is 0 Å². The average Bonchev–Trinajstić information content (AvgIpc) is 2.43. The molecule has 0 aliphatic rings. The van der Waals surface area contributed by atoms with Crippen LogP contribution in [0.1, 0.15) is 10.4 Å². The zero-order valence-electron chi connectivity index (χ0n) is 10.4. The molecule has 0 aliphatic heterocycles. The highest BCUT2D eigenvalue weighted by atomic mass is 79.9. The smallest absolute Gasteiger partial charge is 0.339 e. The number of carbonyl (C=O) groups is 1. The Morgan fingerprint density at radius 1 is 1.20 bits per heavy atom. The Kier molecular flexibility index (Phi) is 4.24. The largest absolute Gasteiger partial charge is 0.497 e. The van der Waals surface area contributed by atoms with Crippen molar-refractivity contribution in [2.75, 3.05) is 7.11 Å². The lowest BCUT2D eigenvalue weighted by Gasteiger charge is -2.10. The first-order chi connectivity index (χ1) is 9.51. The van der Waals surface area contributed by atoms with E-state index in [9.17, 15) is 9.18 Å². The molecule has 0 atom stereocenters. The molecular weight excluding hydrogens is 331 g/mol. The lowest BCUT2D eigenvalue weighted by atomic mass is 10.2. The van der Waals surface area contributed by atoms with Crippen LogP contribution in [0.4, 0.5) is 4.39 Å². The lowest BCUT2D eigenvalue weighted by molar-refractivity contribution is 0.0693. The fraction of sp³-hybridized carbons (Fsp3) is 0.0714. The average molecular weight is 341 g/mol. The standard InChI is InChI=1S/C14H10BrFO4/c1-19-8-3-5-13(10(6-8)14(17)18)20-9-2-4-11(15)12(16)7-9/h2-7H,1H3,(H,17,18). The Balaban J connectivity index is 2.37. The van der Waals surface area contributed by atoms with Crippen molar-refractivity contribution < 1.29 is 23.8 Å². The van der Waals surface area contributed by atoms with Crippen LogP contribution >= 0.6 is 15.9 Å². The summed E-state index contributed by atoms with van der Waals surface area (Å²) in [7, 11) is 1.44. The number of benzene rings is 2. The van der Waals surface area contributed by atoms with E-state index in [-0.39, 0.29) is 17.1 Å². The van der Waals surface area contributed by atoms with Crippen LogP contribution in [0, 0.1) is 5.82 Å². The molecule has 0 saturated heterocycles. The molecule has 0 saturated carbocycles. The minimum Gasteiger partial charge on any atom is -0.497 e. The van der Waals surface area contributed by atoms with E-state index in [2.05, 4.69) is 15.9 Å². The second-order valence-corrected chi connectivity index (χ2v) is 4.70. The summed E-state index contributed by atoms with van der Waals surface area (Å²) in [4.78, 5) is 11.2. The molecule has 2 aromatic carbocycles. The highest BCUT2D eigenvalue weighted by Gasteiger charge is 2.14. The van der Waals surface area contributed by atoms with Crippen molar-refractivity contribution in [3.63, 3.8) is 0 Å². The molecule has 2 rings (SSSR count). The summed E-state index contributed by atoms with van der Waals surface area (Å²) in [6.45, 7) is 0. The SMILES string of the molecule is COc1ccc(Oc2ccc(Br)c(F)c2)c(C(=O)O)c1. The van der Waals surface area contributed by atoms with Gasteiger partial charge >= 0.3 is 5.97 Å². The Hall–Kier alpha value is -2.08. The molecule has 0 radical (unpaired) electrons. The van der Waals surface area contributed by atoms with Crippen LogP contribution < -0.4 is 9.47 Å². The van der Waals surface area contributed by atoms with Crippen molar-refractivity contribution in [3.05, 3.63) is 52.3 Å². The van der Waals surface area contributed by atoms with Crippen molar-refractivity contribution >= 4 is 21.9 Å². The Morgan fingerprint density at radius 3 is 2.50 bits per heavy atom. The summed E-state index contributed by atoms with van der Waals surface area (Å²) in [5.41, 5.74) is -0.0623. The number of ether oxygens (including phenoxy) is 2. The Bertz CT molecular complexity index is 658. The maximum atomic E-state index is 13.4. The zero-order chi connectivity index (χ0) is 14.7. The van der Waals surface area contributed by atoms with E-state index in [0.717, 1.165) is 0 Å². The highest BCUT2D eigenvalue weighted by molar-refractivity contribution is 9.10. The number of carboxylic acid groups (broad SMARTS) is 1. The van der Waals surface area contributed by atoms with Gasteiger partial charge in [0.05, 0.1) is 11.6 Å². The molecule has 0 unspecified atom stereocenters. The molecule has 0 aromatic heterocycles. The minimum atomic E-state index is -1.16. The van der Waals surface area contributed by atoms with Crippen LogP contribution in [-0.2, 0) is 0 Å². The van der Waals surface area contributed by atoms with Crippen LogP contribution in [-0.4, -0.2) is 18.2 Å². The third-order valence-corrected chi connectivity index (χ3v) is 3.18. The molecule has 0 heterocycles. The second-order valence-electron chi connectivity index (χ2n) is 3.85. The van der Waals surface area contributed by atoms with Gasteiger partial charge in [0.15, 0.2) is 0 Å². The molecular formula is C14H10BrFO4. The van der Waals surface area contributed by atoms with Gasteiger partial charge in [-0.3, -0.25) is 0 Å². The van der Waals surface area contributed by atoms with E-state index in [0.29, 0.717) is 10.2 Å². The molecule has 2 aromatic rings. The van der Waals surface area contributed by atoms with Crippen molar-refractivity contribution in [1.82, 2.24) is 0 Å². The van der Waals surface area contributed by atoms with E-state index < -0.39 is 11.8 Å². The predicted molar refractivity (Wildman–Crippen MR) is 74.1 cm³/mol. The number of carboxylic acids is 1. The molecule has 4 nitrogen and oxygen atoms in total. The lowest BCUT2D eigenvalue weighted by Crippen LogP contribution is -2.01. The van der Waals surface area contributed by atoms with E-state index in [1.165, 1.54) is 37.4 Å². The van der Waals surface area contributed by atoms with Crippen LogP contribution in [0.3, 0.4) is 0 Å². The number of aromatic carboxylic acids is 1. The molecule has 0 fully saturated rings. The van der Waals surface area contributed by atoms with E-state index in [4.69, 9.17) is 14.6 Å². The van der Waals surface area contributed by atoms with Gasteiger partial charge in [-0.2, -0.15) is 0 Å². The number of hydrogen-bond donors (Lipinski definition) is 1. The van der Waals surface area contributed by atoms with Gasteiger partial charge in [0, 0.05) is 6.07 Å². The van der Waals surface area contributed by atoms with Gasteiger partial charge in [0.1, 0.15) is 28.6 Å². The normalized spacial score (nSPS) is 10.2. The van der Waals surface area contributed by atoms with Crippen LogP contribution in [0.5, 0.6) is 17.2 Å². The fourth-order valence-corrected chi connectivity index (χ4v) is 1.81. The second kappa shape index (κ2) is 5.92. The first-order valence-corrected chi connectivity index (χ1v) is 6.35. The van der Waals surface area contributed by atoms with Crippen LogP contribution in [0.15, 0.2) is 40.9 Å². The van der Waals surface area contributed by atoms with Crippen LogP contribution in [0.25, 0.3) is 0 Å². The molecule has 20 heavy (non-hydrogen) atoms. The van der Waals surface area contributed by atoms with Crippen molar-refractivity contribution in [2.24, 2.45) is 0 Å². The topological polar surface area (TPSA) is 55.8 Å². The molecule has 0 bridgehead atoms. The number of rotatable bonds is 4. The highest BCUT2D eigenvalue weighted by Crippen LogP contribution is 2.30. The molecule has 0 aliphatic carbocycles. The summed E-state index contributed by atoms with van der Waals surface area (Å²) in [6, 6.07) is 8.55. The van der Waals surface area contributed by atoms with Gasteiger partial charge < -0.3 is 14.6 Å². The van der Waals surface area contributed by atoms with Gasteiger partial charge in [0.2, 0.25) is 0 Å². The first-order valence-electron chi connectivity index (χ1n) is 5.55. The third kappa shape index (κ3) is 3.08. The molecule has 104 valence electrons. The Morgan fingerprint density at radius 2 is 1.90 bits per heavy atom. The summed E-state index contributed by atoms with van der Waals surface area (Å²) in [6.07, 6.45) is 0. The van der Waals surface area contributed by atoms with Gasteiger partial charge in [0.25, 0.3) is 0 Å². The van der Waals surface area contributed by atoms with Gasteiger partial charge in [-0.1, -0.05) is 0 Å². The zero-order valence-corrected chi connectivity index (χ0v) is 12.0. The summed E-state index contributed by atoms with van der Waals surface area (Å²) >= 11 is 3.03. The summed E-state index contributed by atoms with van der Waals surface area (Å²) in [5, 5.41) is 9.15. The first kappa shape index (κ1) is 14.3.